The van der Waals surface area contributed by atoms with Gasteiger partial charge in [0, 0.05) is 18.1 Å². The monoisotopic (exact) mass is 353 g/mol. The molecule has 0 saturated heterocycles. The van der Waals surface area contributed by atoms with Gasteiger partial charge in [0.25, 0.3) is 5.91 Å². The van der Waals surface area contributed by atoms with Gasteiger partial charge in [0.2, 0.25) is 0 Å². The first kappa shape index (κ1) is 15.5. The van der Waals surface area contributed by atoms with Crippen LogP contribution in [0, 0.1) is 5.82 Å². The second-order valence-corrected chi connectivity index (χ2v) is 6.63. The fourth-order valence-electron chi connectivity index (χ4n) is 2.69. The minimum atomic E-state index is -0.464. The molecule has 0 bridgehead atoms. The van der Waals surface area contributed by atoms with Crippen molar-refractivity contribution in [2.75, 3.05) is 11.9 Å². The number of carbonyl (C=O) groups excluding carboxylic acids is 1. The molecule has 0 fully saturated rings. The van der Waals surface area contributed by atoms with Crippen LogP contribution in [-0.2, 0) is 0 Å². The summed E-state index contributed by atoms with van der Waals surface area (Å²) in [7, 11) is 1.61. The van der Waals surface area contributed by atoms with Crippen LogP contribution in [0.4, 0.5) is 10.1 Å². The molecule has 6 heteroatoms. The third-order valence-electron chi connectivity index (χ3n) is 4.02. The molecule has 0 radical (unpaired) electrons. The number of benzene rings is 2. The fraction of sp³-hybridized carbons (Fsp3) is 0.0526. The Morgan fingerprint density at radius 2 is 1.80 bits per heavy atom. The number of carbonyl (C=O) groups is 1. The van der Waals surface area contributed by atoms with Gasteiger partial charge in [0.1, 0.15) is 11.4 Å². The van der Waals surface area contributed by atoms with Gasteiger partial charge in [-0.25, -0.2) is 9.18 Å². The number of halogens is 1. The normalized spacial score (nSPS) is 11.1. The van der Waals surface area contributed by atoms with Gasteiger partial charge in [-0.05, 0) is 42.5 Å². The maximum absolute atomic E-state index is 13.1. The number of hydrogen-bond acceptors (Lipinski definition) is 4. The zero-order valence-electron chi connectivity index (χ0n) is 13.2. The minimum Gasteiger partial charge on any atom is -0.422 e. The first-order valence-electron chi connectivity index (χ1n) is 7.53. The summed E-state index contributed by atoms with van der Waals surface area (Å²) >= 11 is 1.25. The molecule has 0 aliphatic heterocycles. The number of amides is 1. The lowest BCUT2D eigenvalue weighted by atomic mass is 10.2. The van der Waals surface area contributed by atoms with Gasteiger partial charge in [-0.15, -0.1) is 11.3 Å². The first-order chi connectivity index (χ1) is 12.0. The van der Waals surface area contributed by atoms with E-state index < -0.39 is 5.63 Å². The molecule has 25 heavy (non-hydrogen) atoms. The first-order valence-corrected chi connectivity index (χ1v) is 8.35. The average Bonchev–Trinajstić information content (AvgIpc) is 3.07. The lowest BCUT2D eigenvalue weighted by Crippen LogP contribution is -2.25. The summed E-state index contributed by atoms with van der Waals surface area (Å²) in [6, 6.07) is 14.4. The standard InChI is InChI=1S/C19H12FNO3S/c1-21(12-8-6-11(20)7-9-12)18(22)16-10-14-17(25-16)13-4-2-3-5-15(13)24-19(14)23/h2-10H,1H3. The van der Waals surface area contributed by atoms with E-state index in [4.69, 9.17) is 4.42 Å². The van der Waals surface area contributed by atoms with Crippen LogP contribution in [0.25, 0.3) is 21.1 Å². The van der Waals surface area contributed by atoms with Crippen LogP contribution in [0.3, 0.4) is 0 Å². The van der Waals surface area contributed by atoms with Gasteiger partial charge < -0.3 is 9.32 Å². The van der Waals surface area contributed by atoms with Gasteiger partial charge >= 0.3 is 5.63 Å². The Kier molecular flexibility index (Phi) is 3.62. The Morgan fingerprint density at radius 3 is 2.56 bits per heavy atom. The lowest BCUT2D eigenvalue weighted by Gasteiger charge is -2.16. The van der Waals surface area contributed by atoms with E-state index >= 15 is 0 Å². The number of hydrogen-bond donors (Lipinski definition) is 0. The van der Waals surface area contributed by atoms with E-state index in [1.165, 1.54) is 40.5 Å². The Labute approximate surface area is 145 Å². The van der Waals surface area contributed by atoms with Crippen LogP contribution in [0.5, 0.6) is 0 Å². The molecule has 0 unspecified atom stereocenters. The molecular formula is C19H12FNO3S. The van der Waals surface area contributed by atoms with Gasteiger partial charge in [-0.3, -0.25) is 4.79 Å². The number of anilines is 1. The summed E-state index contributed by atoms with van der Waals surface area (Å²) in [6.07, 6.45) is 0. The Morgan fingerprint density at radius 1 is 1.08 bits per heavy atom. The molecule has 0 aliphatic rings. The number of nitrogens with zero attached hydrogens (tertiary/aromatic N) is 1. The highest BCUT2D eigenvalue weighted by atomic mass is 32.1. The van der Waals surface area contributed by atoms with E-state index in [9.17, 15) is 14.0 Å². The van der Waals surface area contributed by atoms with E-state index in [1.807, 2.05) is 12.1 Å². The van der Waals surface area contributed by atoms with Crippen LogP contribution in [0.2, 0.25) is 0 Å². The predicted molar refractivity (Wildman–Crippen MR) is 97.0 cm³/mol. The molecule has 1 amide bonds. The molecule has 0 saturated carbocycles. The molecule has 4 nitrogen and oxygen atoms in total. The molecule has 2 aromatic carbocycles. The summed E-state index contributed by atoms with van der Waals surface area (Å²) in [4.78, 5) is 26.8. The predicted octanol–water partition coefficient (Wildman–Crippen LogP) is 4.42. The second kappa shape index (κ2) is 5.82. The molecule has 0 atom stereocenters. The van der Waals surface area contributed by atoms with Crippen molar-refractivity contribution in [3.63, 3.8) is 0 Å². The van der Waals surface area contributed by atoms with Crippen LogP contribution in [0.15, 0.2) is 63.8 Å². The van der Waals surface area contributed by atoms with Crippen molar-refractivity contribution in [1.29, 1.82) is 0 Å². The van der Waals surface area contributed by atoms with Gasteiger partial charge in [0.15, 0.2) is 0 Å². The smallest absolute Gasteiger partial charge is 0.345 e. The van der Waals surface area contributed by atoms with Gasteiger partial charge in [-0.1, -0.05) is 12.1 Å². The topological polar surface area (TPSA) is 50.5 Å². The largest absolute Gasteiger partial charge is 0.422 e. The number of rotatable bonds is 2. The zero-order valence-corrected chi connectivity index (χ0v) is 14.0. The van der Waals surface area contributed by atoms with Crippen molar-refractivity contribution in [3.05, 3.63) is 75.7 Å². The maximum atomic E-state index is 13.1. The fourth-order valence-corrected chi connectivity index (χ4v) is 3.85. The number of fused-ring (bicyclic) bond motifs is 3. The molecule has 2 aromatic heterocycles. The number of thiophene rings is 1. The van der Waals surface area contributed by atoms with Gasteiger partial charge in [-0.2, -0.15) is 0 Å². The highest BCUT2D eigenvalue weighted by Gasteiger charge is 2.19. The average molecular weight is 353 g/mol. The Bertz CT molecular complexity index is 1160. The molecule has 4 rings (SSSR count). The van der Waals surface area contributed by atoms with Crippen LogP contribution in [0.1, 0.15) is 9.67 Å². The molecule has 0 N–H and O–H groups in total. The van der Waals surface area contributed by atoms with E-state index in [-0.39, 0.29) is 11.7 Å². The highest BCUT2D eigenvalue weighted by molar-refractivity contribution is 7.21. The van der Waals surface area contributed by atoms with Crippen molar-refractivity contribution in [1.82, 2.24) is 0 Å². The van der Waals surface area contributed by atoms with E-state index in [1.54, 1.807) is 25.2 Å². The van der Waals surface area contributed by atoms with E-state index in [0.717, 1.165) is 10.1 Å². The zero-order chi connectivity index (χ0) is 17.6. The van der Waals surface area contributed by atoms with Crippen LogP contribution < -0.4 is 10.5 Å². The molecule has 0 spiro atoms. The number of para-hydroxylation sites is 1. The Balaban J connectivity index is 1.82. The molecule has 4 aromatic rings. The third-order valence-corrected chi connectivity index (χ3v) is 5.17. The molecule has 0 aliphatic carbocycles. The van der Waals surface area contributed by atoms with Crippen molar-refractivity contribution < 1.29 is 13.6 Å². The second-order valence-electron chi connectivity index (χ2n) is 5.58. The van der Waals surface area contributed by atoms with Crippen molar-refractivity contribution in [2.45, 2.75) is 0 Å². The summed E-state index contributed by atoms with van der Waals surface area (Å²) in [6.45, 7) is 0. The summed E-state index contributed by atoms with van der Waals surface area (Å²) in [5.74, 6) is -0.633. The lowest BCUT2D eigenvalue weighted by molar-refractivity contribution is 0.0997. The van der Waals surface area contributed by atoms with E-state index in [2.05, 4.69) is 0 Å². The molecular weight excluding hydrogens is 341 g/mol. The van der Waals surface area contributed by atoms with Crippen LogP contribution >= 0.6 is 11.3 Å². The van der Waals surface area contributed by atoms with Crippen molar-refractivity contribution in [2.24, 2.45) is 0 Å². The Hall–Kier alpha value is -2.99. The minimum absolute atomic E-state index is 0.267. The maximum Gasteiger partial charge on any atom is 0.345 e. The summed E-state index contributed by atoms with van der Waals surface area (Å²) in [5.41, 5.74) is 0.599. The third kappa shape index (κ3) is 2.60. The SMILES string of the molecule is CN(C(=O)c1cc2c(=O)oc3ccccc3c2s1)c1ccc(F)cc1. The summed E-state index contributed by atoms with van der Waals surface area (Å²) < 4.78 is 19.1. The molecule has 124 valence electrons. The molecule has 2 heterocycles. The van der Waals surface area contributed by atoms with Crippen molar-refractivity contribution in [3.8, 4) is 0 Å². The quantitative estimate of drug-likeness (QED) is 0.501. The van der Waals surface area contributed by atoms with E-state index in [0.29, 0.717) is 21.5 Å². The van der Waals surface area contributed by atoms with Crippen LogP contribution in [-0.4, -0.2) is 13.0 Å². The highest BCUT2D eigenvalue weighted by Crippen LogP contribution is 2.31. The van der Waals surface area contributed by atoms with Gasteiger partial charge in [0.05, 0.1) is 15.0 Å². The summed E-state index contributed by atoms with van der Waals surface area (Å²) in [5, 5.41) is 1.19. The van der Waals surface area contributed by atoms with Crippen molar-refractivity contribution >= 4 is 44.0 Å².